The summed E-state index contributed by atoms with van der Waals surface area (Å²) in [7, 11) is 0. The minimum Gasteiger partial charge on any atom is -0.479 e. The summed E-state index contributed by atoms with van der Waals surface area (Å²) in [5.41, 5.74) is -2.54. The molecule has 0 fully saturated rings. The zero-order valence-corrected chi connectivity index (χ0v) is 9.38. The molecule has 2 aromatic carbocycles. The van der Waals surface area contributed by atoms with E-state index in [-0.39, 0.29) is 11.1 Å². The fourth-order valence-corrected chi connectivity index (χ4v) is 1.83. The largest absolute Gasteiger partial charge is 0.479 e. The Labute approximate surface area is 103 Å². The minimum atomic E-state index is -2.38. The minimum absolute atomic E-state index is 0.114. The maximum absolute atomic E-state index is 13.7. The van der Waals surface area contributed by atoms with Crippen molar-refractivity contribution in [1.29, 1.82) is 0 Å². The van der Waals surface area contributed by atoms with Gasteiger partial charge in [-0.05, 0) is 11.6 Å². The zero-order valence-electron chi connectivity index (χ0n) is 9.38. The van der Waals surface area contributed by atoms with Gasteiger partial charge >= 0.3 is 5.97 Å². The summed E-state index contributed by atoms with van der Waals surface area (Å²) in [4.78, 5) is 11.4. The number of rotatable bonds is 3. The predicted octanol–water partition coefficient (Wildman–Crippen LogP) is 2.15. The Hall–Kier alpha value is -2.20. The van der Waals surface area contributed by atoms with Crippen LogP contribution in [0.25, 0.3) is 0 Å². The molecule has 1 unspecified atom stereocenters. The van der Waals surface area contributed by atoms with E-state index in [9.17, 15) is 19.4 Å². The lowest BCUT2D eigenvalue weighted by molar-refractivity contribution is -0.155. The number of benzene rings is 2. The molecule has 0 radical (unpaired) electrons. The molecule has 0 bridgehead atoms. The number of aliphatic carboxylic acids is 1. The summed E-state index contributed by atoms with van der Waals surface area (Å²) in [5.74, 6) is -2.27. The predicted molar refractivity (Wildman–Crippen MR) is 63.5 cm³/mol. The lowest BCUT2D eigenvalue weighted by Crippen LogP contribution is -2.37. The molecule has 0 saturated heterocycles. The molecule has 0 heterocycles. The summed E-state index contributed by atoms with van der Waals surface area (Å²) >= 11 is 0. The topological polar surface area (TPSA) is 57.5 Å². The standard InChI is InChI=1S/C14H11FO3/c15-12-9-5-4-8-11(12)14(18,13(16)17)10-6-2-1-3-7-10/h1-9,18H,(H,16,17). The van der Waals surface area contributed by atoms with Crippen molar-refractivity contribution in [2.45, 2.75) is 5.60 Å². The van der Waals surface area contributed by atoms with Gasteiger partial charge in [-0.3, -0.25) is 0 Å². The molecule has 2 rings (SSSR count). The quantitative estimate of drug-likeness (QED) is 0.872. The van der Waals surface area contributed by atoms with Crippen LogP contribution >= 0.6 is 0 Å². The first-order valence-electron chi connectivity index (χ1n) is 5.33. The number of carboxylic acid groups (broad SMARTS) is 1. The van der Waals surface area contributed by atoms with Crippen molar-refractivity contribution >= 4 is 5.97 Å². The number of carboxylic acids is 1. The number of halogens is 1. The van der Waals surface area contributed by atoms with Crippen LogP contribution < -0.4 is 0 Å². The van der Waals surface area contributed by atoms with Gasteiger partial charge in [-0.1, -0.05) is 48.5 Å². The van der Waals surface area contributed by atoms with Crippen LogP contribution in [0.2, 0.25) is 0 Å². The summed E-state index contributed by atoms with van der Waals surface area (Å²) < 4.78 is 13.7. The SMILES string of the molecule is O=C(O)C(O)(c1ccccc1)c1ccccc1F. The van der Waals surface area contributed by atoms with E-state index in [1.807, 2.05) is 0 Å². The molecule has 4 heteroatoms. The average Bonchev–Trinajstić information content (AvgIpc) is 2.39. The Bertz CT molecular complexity index is 568. The summed E-state index contributed by atoms with van der Waals surface area (Å²) in [5, 5.41) is 19.6. The van der Waals surface area contributed by atoms with Crippen molar-refractivity contribution in [2.75, 3.05) is 0 Å². The molecule has 0 aliphatic carbocycles. The highest BCUT2D eigenvalue weighted by molar-refractivity contribution is 5.83. The molecule has 0 amide bonds. The molecule has 2 N–H and O–H groups in total. The number of hydrogen-bond acceptors (Lipinski definition) is 2. The van der Waals surface area contributed by atoms with Crippen LogP contribution in [-0.2, 0) is 10.4 Å². The second kappa shape index (κ2) is 4.58. The molecular weight excluding hydrogens is 235 g/mol. The normalized spacial score (nSPS) is 13.9. The van der Waals surface area contributed by atoms with E-state index < -0.39 is 17.4 Å². The van der Waals surface area contributed by atoms with Crippen LogP contribution in [0.3, 0.4) is 0 Å². The Kier molecular flexibility index (Phi) is 3.12. The van der Waals surface area contributed by atoms with Gasteiger partial charge in [-0.2, -0.15) is 0 Å². The lowest BCUT2D eigenvalue weighted by atomic mass is 9.86. The maximum atomic E-state index is 13.7. The fourth-order valence-electron chi connectivity index (χ4n) is 1.83. The van der Waals surface area contributed by atoms with Gasteiger partial charge in [0, 0.05) is 5.56 Å². The van der Waals surface area contributed by atoms with E-state index in [1.54, 1.807) is 18.2 Å². The van der Waals surface area contributed by atoms with Gasteiger partial charge in [0.15, 0.2) is 0 Å². The Morgan fingerprint density at radius 1 is 1.00 bits per heavy atom. The summed E-state index contributed by atoms with van der Waals surface area (Å²) in [6.45, 7) is 0. The highest BCUT2D eigenvalue weighted by atomic mass is 19.1. The molecule has 0 saturated carbocycles. The first kappa shape index (κ1) is 12.3. The number of aliphatic hydroxyl groups is 1. The fraction of sp³-hybridized carbons (Fsp3) is 0.0714. The van der Waals surface area contributed by atoms with Gasteiger partial charge in [0.05, 0.1) is 0 Å². The average molecular weight is 246 g/mol. The van der Waals surface area contributed by atoms with Gasteiger partial charge in [-0.15, -0.1) is 0 Å². The molecule has 2 aromatic rings. The van der Waals surface area contributed by atoms with Crippen LogP contribution in [0, 0.1) is 5.82 Å². The van der Waals surface area contributed by atoms with Crippen molar-refractivity contribution in [3.05, 3.63) is 71.5 Å². The molecule has 0 aliphatic rings. The van der Waals surface area contributed by atoms with E-state index in [2.05, 4.69) is 0 Å². The summed E-state index contributed by atoms with van der Waals surface area (Å²) in [6, 6.07) is 13.0. The molecular formula is C14H11FO3. The first-order valence-corrected chi connectivity index (χ1v) is 5.33. The van der Waals surface area contributed by atoms with Gasteiger partial charge in [-0.25, -0.2) is 9.18 Å². The van der Waals surface area contributed by atoms with E-state index in [4.69, 9.17) is 0 Å². The van der Waals surface area contributed by atoms with Crippen molar-refractivity contribution in [1.82, 2.24) is 0 Å². The van der Waals surface area contributed by atoms with E-state index in [0.717, 1.165) is 6.07 Å². The number of hydrogen-bond donors (Lipinski definition) is 2. The second-order valence-corrected chi connectivity index (χ2v) is 3.86. The van der Waals surface area contributed by atoms with E-state index >= 15 is 0 Å². The molecule has 0 spiro atoms. The van der Waals surface area contributed by atoms with Crippen molar-refractivity contribution in [2.24, 2.45) is 0 Å². The van der Waals surface area contributed by atoms with Gasteiger partial charge in [0.25, 0.3) is 0 Å². The van der Waals surface area contributed by atoms with Crippen LogP contribution in [0.15, 0.2) is 54.6 Å². The second-order valence-electron chi connectivity index (χ2n) is 3.86. The van der Waals surface area contributed by atoms with Crippen LogP contribution in [0.1, 0.15) is 11.1 Å². The summed E-state index contributed by atoms with van der Waals surface area (Å²) in [6.07, 6.45) is 0. The van der Waals surface area contributed by atoms with Crippen LogP contribution in [0.5, 0.6) is 0 Å². The molecule has 0 aromatic heterocycles. The van der Waals surface area contributed by atoms with Gasteiger partial charge in [0.2, 0.25) is 5.60 Å². The van der Waals surface area contributed by atoms with E-state index in [1.165, 1.54) is 30.3 Å². The molecule has 0 aliphatic heterocycles. The lowest BCUT2D eigenvalue weighted by Gasteiger charge is -2.24. The third kappa shape index (κ3) is 1.87. The Morgan fingerprint density at radius 3 is 2.11 bits per heavy atom. The Morgan fingerprint density at radius 2 is 1.56 bits per heavy atom. The van der Waals surface area contributed by atoms with Crippen molar-refractivity contribution in [3.8, 4) is 0 Å². The van der Waals surface area contributed by atoms with Gasteiger partial charge < -0.3 is 10.2 Å². The maximum Gasteiger partial charge on any atom is 0.345 e. The highest BCUT2D eigenvalue weighted by Crippen LogP contribution is 2.31. The molecule has 18 heavy (non-hydrogen) atoms. The third-order valence-corrected chi connectivity index (χ3v) is 2.76. The molecule has 3 nitrogen and oxygen atoms in total. The molecule has 92 valence electrons. The highest BCUT2D eigenvalue weighted by Gasteiger charge is 2.41. The van der Waals surface area contributed by atoms with Crippen molar-refractivity contribution in [3.63, 3.8) is 0 Å². The zero-order chi connectivity index (χ0) is 13.2. The third-order valence-electron chi connectivity index (χ3n) is 2.76. The van der Waals surface area contributed by atoms with Crippen LogP contribution in [0.4, 0.5) is 4.39 Å². The van der Waals surface area contributed by atoms with E-state index in [0.29, 0.717) is 0 Å². The van der Waals surface area contributed by atoms with Crippen molar-refractivity contribution < 1.29 is 19.4 Å². The van der Waals surface area contributed by atoms with Crippen LogP contribution in [-0.4, -0.2) is 16.2 Å². The Balaban J connectivity index is 2.67. The monoisotopic (exact) mass is 246 g/mol. The molecule has 1 atom stereocenters. The smallest absolute Gasteiger partial charge is 0.345 e. The number of carbonyl (C=O) groups is 1. The van der Waals surface area contributed by atoms with Gasteiger partial charge in [0.1, 0.15) is 5.82 Å². The first-order chi connectivity index (χ1) is 8.56.